The van der Waals surface area contributed by atoms with Crippen LogP contribution in [0.25, 0.3) is 0 Å². The number of primary amides is 1. The van der Waals surface area contributed by atoms with Gasteiger partial charge in [-0.2, -0.15) is 4.31 Å². The highest BCUT2D eigenvalue weighted by Crippen LogP contribution is 2.24. The number of nitrogens with two attached hydrogens (primary N) is 1. The van der Waals surface area contributed by atoms with E-state index in [1.807, 2.05) is 0 Å². The molecule has 10 heteroatoms. The number of aryl methyl sites for hydroxylation is 1. The molecule has 158 valence electrons. The van der Waals surface area contributed by atoms with Crippen molar-refractivity contribution in [1.29, 1.82) is 0 Å². The van der Waals surface area contributed by atoms with Crippen LogP contribution in [0.5, 0.6) is 0 Å². The van der Waals surface area contributed by atoms with Crippen molar-refractivity contribution < 1.29 is 27.5 Å². The van der Waals surface area contributed by atoms with Crippen molar-refractivity contribution in [2.45, 2.75) is 30.3 Å². The number of sulfonamides is 1. The summed E-state index contributed by atoms with van der Waals surface area (Å²) in [7, 11) is -4.33. The quantitative estimate of drug-likeness (QED) is 0.663. The molecule has 1 saturated heterocycles. The van der Waals surface area contributed by atoms with E-state index in [1.54, 1.807) is 49.4 Å². The number of nitrogens with zero attached hydrogens (tertiary/aromatic N) is 1. The van der Waals surface area contributed by atoms with Gasteiger partial charge in [-0.1, -0.05) is 48.0 Å². The van der Waals surface area contributed by atoms with E-state index in [0.29, 0.717) is 4.31 Å². The molecule has 9 nitrogen and oxygen atoms in total. The summed E-state index contributed by atoms with van der Waals surface area (Å²) in [4.78, 5) is 36.6. The van der Waals surface area contributed by atoms with Gasteiger partial charge < -0.3 is 15.8 Å². The number of benzene rings is 2. The van der Waals surface area contributed by atoms with Crippen LogP contribution < -0.4 is 11.1 Å². The van der Waals surface area contributed by atoms with Crippen LogP contribution in [0.4, 0.5) is 4.79 Å². The first-order valence-electron chi connectivity index (χ1n) is 9.11. The molecule has 0 radical (unpaired) electrons. The Labute approximate surface area is 173 Å². The molecule has 0 spiro atoms. The third kappa shape index (κ3) is 4.43. The lowest BCUT2D eigenvalue weighted by Crippen LogP contribution is -2.54. The fourth-order valence-electron chi connectivity index (χ4n) is 3.02. The van der Waals surface area contributed by atoms with Gasteiger partial charge in [0.25, 0.3) is 10.0 Å². The van der Waals surface area contributed by atoms with Crippen LogP contribution >= 0.6 is 0 Å². The third-order valence-electron chi connectivity index (χ3n) is 4.65. The van der Waals surface area contributed by atoms with Gasteiger partial charge in [0.2, 0.25) is 11.8 Å². The molecule has 0 saturated carbocycles. The van der Waals surface area contributed by atoms with E-state index in [-0.39, 0.29) is 11.3 Å². The fraction of sp³-hybridized carbons (Fsp3) is 0.250. The number of hydrogen-bond acceptors (Lipinski definition) is 6. The molecule has 3 amide bonds. The van der Waals surface area contributed by atoms with Gasteiger partial charge in [-0.3, -0.25) is 9.59 Å². The predicted octanol–water partition coefficient (Wildman–Crippen LogP) is 0.717. The first-order valence-corrected chi connectivity index (χ1v) is 10.6. The van der Waals surface area contributed by atoms with Crippen LogP contribution in [0.2, 0.25) is 0 Å². The molecule has 30 heavy (non-hydrogen) atoms. The normalized spacial score (nSPS) is 17.3. The lowest BCUT2D eigenvalue weighted by atomic mass is 10.1. The van der Waals surface area contributed by atoms with Crippen LogP contribution in [0.15, 0.2) is 59.5 Å². The summed E-state index contributed by atoms with van der Waals surface area (Å²) < 4.78 is 31.1. The minimum Gasteiger partial charge on any atom is -0.446 e. The van der Waals surface area contributed by atoms with Gasteiger partial charge in [-0.15, -0.1) is 0 Å². The third-order valence-corrected chi connectivity index (χ3v) is 6.44. The van der Waals surface area contributed by atoms with Gasteiger partial charge in [0.05, 0.1) is 4.90 Å². The zero-order chi connectivity index (χ0) is 21.9. The molecule has 1 unspecified atom stereocenters. The Hall–Kier alpha value is -3.40. The Morgan fingerprint density at radius 1 is 1.17 bits per heavy atom. The van der Waals surface area contributed by atoms with Gasteiger partial charge in [0.1, 0.15) is 12.6 Å². The molecule has 1 aliphatic heterocycles. The van der Waals surface area contributed by atoms with E-state index in [9.17, 15) is 22.8 Å². The van der Waals surface area contributed by atoms with Crippen LogP contribution in [-0.4, -0.2) is 49.3 Å². The number of rotatable bonds is 7. The zero-order valence-corrected chi connectivity index (χ0v) is 17.0. The van der Waals surface area contributed by atoms with Crippen LogP contribution in [0.3, 0.4) is 0 Å². The Kier molecular flexibility index (Phi) is 6.06. The topological polar surface area (TPSA) is 136 Å². The highest BCUT2D eigenvalue weighted by atomic mass is 32.2. The molecule has 0 aromatic heterocycles. The average Bonchev–Trinajstić information content (AvgIpc) is 3.11. The summed E-state index contributed by atoms with van der Waals surface area (Å²) in [6, 6.07) is 12.2. The number of carbonyl (C=O) groups is 3. The summed E-state index contributed by atoms with van der Waals surface area (Å²) in [5.41, 5.74) is 6.99. The second kappa shape index (κ2) is 8.54. The summed E-state index contributed by atoms with van der Waals surface area (Å²) in [6.07, 6.45) is -1.04. The molecule has 0 bridgehead atoms. The van der Waals surface area contributed by atoms with Crippen LogP contribution in [0.1, 0.15) is 11.1 Å². The Morgan fingerprint density at radius 3 is 2.40 bits per heavy atom. The predicted molar refractivity (Wildman–Crippen MR) is 107 cm³/mol. The second-order valence-electron chi connectivity index (χ2n) is 6.86. The monoisotopic (exact) mass is 431 g/mol. The molecular formula is C20H21N3O6S. The average molecular weight is 431 g/mol. The molecule has 2 aromatic rings. The Morgan fingerprint density at radius 2 is 1.80 bits per heavy atom. The standard InChI is InChI=1S/C20H21N3O6S/c1-13-7-9-15(10-8-13)30(27,28)23-17(12-29-20(23)26)19(25)22-16(18(21)24)11-14-5-3-2-4-6-14/h2-10,16-17H,11-12H2,1H3,(H2,21,24)(H,22,25)/t16-,17?/m0/s1. The summed E-state index contributed by atoms with van der Waals surface area (Å²) in [5.74, 6) is -1.64. The van der Waals surface area contributed by atoms with Gasteiger partial charge in [-0.05, 0) is 24.6 Å². The lowest BCUT2D eigenvalue weighted by molar-refractivity contribution is -0.129. The molecule has 2 atom stereocenters. The maximum Gasteiger partial charge on any atom is 0.424 e. The number of nitrogens with one attached hydrogen (secondary N) is 1. The molecule has 2 aromatic carbocycles. The first kappa shape index (κ1) is 21.3. The molecule has 1 fully saturated rings. The first-order chi connectivity index (χ1) is 14.2. The summed E-state index contributed by atoms with van der Waals surface area (Å²) >= 11 is 0. The van der Waals surface area contributed by atoms with Gasteiger partial charge in [-0.25, -0.2) is 13.2 Å². The van der Waals surface area contributed by atoms with E-state index < -0.39 is 46.6 Å². The zero-order valence-electron chi connectivity index (χ0n) is 16.1. The second-order valence-corrected chi connectivity index (χ2v) is 8.67. The number of amides is 3. The maximum atomic E-state index is 12.9. The minimum atomic E-state index is -4.33. The highest BCUT2D eigenvalue weighted by molar-refractivity contribution is 7.89. The van der Waals surface area contributed by atoms with Gasteiger partial charge >= 0.3 is 6.09 Å². The summed E-state index contributed by atoms with van der Waals surface area (Å²) in [6.45, 7) is 1.32. The van der Waals surface area contributed by atoms with E-state index in [2.05, 4.69) is 5.32 Å². The smallest absolute Gasteiger partial charge is 0.424 e. The van der Waals surface area contributed by atoms with Crippen molar-refractivity contribution in [2.75, 3.05) is 6.61 Å². The van der Waals surface area contributed by atoms with E-state index in [1.165, 1.54) is 12.1 Å². The molecule has 3 N–H and O–H groups in total. The maximum absolute atomic E-state index is 12.9. The fourth-order valence-corrected chi connectivity index (χ4v) is 4.47. The van der Waals surface area contributed by atoms with E-state index in [4.69, 9.17) is 10.5 Å². The van der Waals surface area contributed by atoms with Gasteiger partial charge in [0, 0.05) is 6.42 Å². The Bertz CT molecular complexity index is 1050. The van der Waals surface area contributed by atoms with Gasteiger partial charge in [0.15, 0.2) is 6.04 Å². The molecule has 3 rings (SSSR count). The minimum absolute atomic E-state index is 0.119. The molecule has 1 aliphatic rings. The van der Waals surface area contributed by atoms with Crippen molar-refractivity contribution >= 4 is 27.9 Å². The Balaban J connectivity index is 1.82. The van der Waals surface area contributed by atoms with Crippen molar-refractivity contribution in [3.8, 4) is 0 Å². The van der Waals surface area contributed by atoms with Crippen molar-refractivity contribution in [1.82, 2.24) is 9.62 Å². The summed E-state index contributed by atoms with van der Waals surface area (Å²) in [5, 5.41) is 2.44. The number of hydrogen-bond donors (Lipinski definition) is 2. The number of cyclic esters (lactones) is 1. The largest absolute Gasteiger partial charge is 0.446 e. The number of ether oxygens (including phenoxy) is 1. The van der Waals surface area contributed by atoms with E-state index >= 15 is 0 Å². The molecule has 0 aliphatic carbocycles. The lowest BCUT2D eigenvalue weighted by Gasteiger charge is -2.23. The van der Waals surface area contributed by atoms with Crippen molar-refractivity contribution in [3.63, 3.8) is 0 Å². The highest BCUT2D eigenvalue weighted by Gasteiger charge is 2.47. The van der Waals surface area contributed by atoms with Crippen molar-refractivity contribution in [2.24, 2.45) is 5.73 Å². The van der Waals surface area contributed by atoms with Crippen LogP contribution in [0, 0.1) is 6.92 Å². The van der Waals surface area contributed by atoms with Crippen molar-refractivity contribution in [3.05, 3.63) is 65.7 Å². The van der Waals surface area contributed by atoms with E-state index in [0.717, 1.165) is 11.1 Å². The van der Waals surface area contributed by atoms with Crippen LogP contribution in [-0.2, 0) is 30.8 Å². The molecule has 1 heterocycles. The molecular weight excluding hydrogens is 410 g/mol. The SMILES string of the molecule is Cc1ccc(S(=O)(=O)N2C(=O)OCC2C(=O)N[C@@H](Cc2ccccc2)C(N)=O)cc1. The number of carbonyl (C=O) groups excluding carboxylic acids is 3.